The van der Waals surface area contributed by atoms with Crippen LogP contribution in [0.2, 0.25) is 5.02 Å². The van der Waals surface area contributed by atoms with Crippen molar-refractivity contribution in [2.24, 2.45) is 0 Å². The van der Waals surface area contributed by atoms with Gasteiger partial charge >= 0.3 is 0 Å². The van der Waals surface area contributed by atoms with E-state index >= 15 is 0 Å². The molecule has 0 bridgehead atoms. The second kappa shape index (κ2) is 12.0. The lowest BCUT2D eigenvalue weighted by molar-refractivity contribution is 0.265. The SMILES string of the molecule is CCOc1cc(CNCCCO)cc(Cl)c1OCc1ccccc1F.Cl. The number of ether oxygens (including phenoxy) is 2. The normalized spacial score (nSPS) is 10.3. The van der Waals surface area contributed by atoms with E-state index in [-0.39, 0.29) is 31.4 Å². The van der Waals surface area contributed by atoms with Crippen molar-refractivity contribution in [1.29, 1.82) is 0 Å². The fraction of sp³-hybridized carbons (Fsp3) is 0.368. The van der Waals surface area contributed by atoms with Crippen LogP contribution >= 0.6 is 24.0 Å². The molecule has 0 aliphatic carbocycles. The van der Waals surface area contributed by atoms with Gasteiger partial charge in [-0.3, -0.25) is 0 Å². The molecule has 0 unspecified atom stereocenters. The van der Waals surface area contributed by atoms with Gasteiger partial charge in [0.2, 0.25) is 0 Å². The molecule has 0 aliphatic rings. The Balaban J connectivity index is 0.00000338. The van der Waals surface area contributed by atoms with Crippen molar-refractivity contribution in [3.05, 3.63) is 58.4 Å². The lowest BCUT2D eigenvalue weighted by Crippen LogP contribution is -2.16. The van der Waals surface area contributed by atoms with Crippen LogP contribution in [0.1, 0.15) is 24.5 Å². The lowest BCUT2D eigenvalue weighted by atomic mass is 10.2. The molecule has 2 aromatic carbocycles. The molecule has 26 heavy (non-hydrogen) atoms. The van der Waals surface area contributed by atoms with Crippen LogP contribution in [0.5, 0.6) is 11.5 Å². The van der Waals surface area contributed by atoms with Crippen molar-refractivity contribution in [2.45, 2.75) is 26.5 Å². The van der Waals surface area contributed by atoms with Crippen molar-refractivity contribution in [3.8, 4) is 11.5 Å². The molecule has 2 rings (SSSR count). The average Bonchev–Trinajstić information content (AvgIpc) is 2.60. The van der Waals surface area contributed by atoms with Crippen molar-refractivity contribution >= 4 is 24.0 Å². The standard InChI is InChI=1S/C19H23ClFNO3.ClH/c1-2-24-18-11-14(12-22-8-5-9-23)10-16(20)19(18)25-13-15-6-3-4-7-17(15)21;/h3-4,6-7,10-11,22-23H,2,5,8-9,12-13H2,1H3;1H. The minimum Gasteiger partial charge on any atom is -0.490 e. The summed E-state index contributed by atoms with van der Waals surface area (Å²) in [5.74, 6) is 0.623. The average molecular weight is 404 g/mol. The Morgan fingerprint density at radius 1 is 1.19 bits per heavy atom. The van der Waals surface area contributed by atoms with Crippen LogP contribution in [0.4, 0.5) is 4.39 Å². The highest BCUT2D eigenvalue weighted by Crippen LogP contribution is 2.37. The molecule has 0 saturated heterocycles. The van der Waals surface area contributed by atoms with E-state index < -0.39 is 0 Å². The Morgan fingerprint density at radius 2 is 1.96 bits per heavy atom. The third-order valence-electron chi connectivity index (χ3n) is 3.54. The monoisotopic (exact) mass is 403 g/mol. The molecule has 0 aliphatic heterocycles. The summed E-state index contributed by atoms with van der Waals surface area (Å²) in [7, 11) is 0. The first kappa shape index (κ1) is 22.5. The third kappa shape index (κ3) is 6.65. The number of benzene rings is 2. The van der Waals surface area contributed by atoms with Gasteiger partial charge < -0.3 is 19.9 Å². The van der Waals surface area contributed by atoms with Gasteiger partial charge in [0.1, 0.15) is 12.4 Å². The molecule has 0 spiro atoms. The highest BCUT2D eigenvalue weighted by atomic mass is 35.5. The van der Waals surface area contributed by atoms with E-state index in [2.05, 4.69) is 5.32 Å². The zero-order valence-corrected chi connectivity index (χ0v) is 16.2. The highest BCUT2D eigenvalue weighted by Gasteiger charge is 2.14. The Morgan fingerprint density at radius 3 is 2.65 bits per heavy atom. The Hall–Kier alpha value is -1.53. The van der Waals surface area contributed by atoms with E-state index in [9.17, 15) is 4.39 Å². The fourth-order valence-corrected chi connectivity index (χ4v) is 2.62. The second-order valence-corrected chi connectivity index (χ2v) is 5.88. The van der Waals surface area contributed by atoms with E-state index in [1.807, 2.05) is 13.0 Å². The zero-order valence-electron chi connectivity index (χ0n) is 14.6. The largest absolute Gasteiger partial charge is 0.490 e. The Bertz CT molecular complexity index is 686. The van der Waals surface area contributed by atoms with Gasteiger partial charge in [0, 0.05) is 18.7 Å². The predicted octanol–water partition coefficient (Wildman–Crippen LogP) is 4.35. The van der Waals surface area contributed by atoms with Crippen molar-refractivity contribution in [1.82, 2.24) is 5.32 Å². The van der Waals surface area contributed by atoms with Crippen LogP contribution in [0.3, 0.4) is 0 Å². The molecule has 4 nitrogen and oxygen atoms in total. The molecule has 0 saturated carbocycles. The van der Waals surface area contributed by atoms with Gasteiger partial charge in [-0.1, -0.05) is 29.8 Å². The molecule has 0 radical (unpaired) electrons. The number of aliphatic hydroxyl groups is 1. The maximum atomic E-state index is 13.7. The fourth-order valence-electron chi connectivity index (χ4n) is 2.33. The number of aliphatic hydroxyl groups excluding tert-OH is 1. The zero-order chi connectivity index (χ0) is 18.1. The van der Waals surface area contributed by atoms with Gasteiger partial charge in [0.25, 0.3) is 0 Å². The summed E-state index contributed by atoms with van der Waals surface area (Å²) >= 11 is 6.35. The summed E-state index contributed by atoms with van der Waals surface area (Å²) in [5.41, 5.74) is 1.40. The van der Waals surface area contributed by atoms with E-state index in [0.29, 0.717) is 48.2 Å². The molecule has 0 fully saturated rings. The van der Waals surface area contributed by atoms with Gasteiger partial charge in [-0.2, -0.15) is 0 Å². The predicted molar refractivity (Wildman–Crippen MR) is 104 cm³/mol. The van der Waals surface area contributed by atoms with Crippen LogP contribution in [-0.2, 0) is 13.2 Å². The minimum atomic E-state index is -0.318. The van der Waals surface area contributed by atoms with Gasteiger partial charge in [-0.05, 0) is 43.7 Å². The maximum Gasteiger partial charge on any atom is 0.180 e. The van der Waals surface area contributed by atoms with Gasteiger partial charge in [0.15, 0.2) is 11.5 Å². The molecule has 0 atom stereocenters. The molecule has 0 heterocycles. The second-order valence-electron chi connectivity index (χ2n) is 5.47. The summed E-state index contributed by atoms with van der Waals surface area (Å²) < 4.78 is 25.1. The molecular formula is C19H24Cl2FNO3. The third-order valence-corrected chi connectivity index (χ3v) is 3.82. The lowest BCUT2D eigenvalue weighted by Gasteiger charge is -2.16. The Kier molecular flexibility index (Phi) is 10.4. The van der Waals surface area contributed by atoms with Crippen LogP contribution in [0.25, 0.3) is 0 Å². The summed E-state index contributed by atoms with van der Waals surface area (Å²) in [6.45, 7) is 3.88. The Labute approximate surface area is 164 Å². The summed E-state index contributed by atoms with van der Waals surface area (Å²) in [5, 5.41) is 12.4. The van der Waals surface area contributed by atoms with E-state index in [1.54, 1.807) is 24.3 Å². The van der Waals surface area contributed by atoms with Crippen LogP contribution < -0.4 is 14.8 Å². The van der Waals surface area contributed by atoms with E-state index in [1.165, 1.54) is 6.07 Å². The number of hydrogen-bond acceptors (Lipinski definition) is 4. The molecule has 144 valence electrons. The number of rotatable bonds is 10. The summed E-state index contributed by atoms with van der Waals surface area (Å²) in [6.07, 6.45) is 0.690. The highest BCUT2D eigenvalue weighted by molar-refractivity contribution is 6.32. The number of hydrogen-bond donors (Lipinski definition) is 2. The first-order chi connectivity index (χ1) is 12.2. The van der Waals surface area contributed by atoms with Crippen molar-refractivity contribution in [2.75, 3.05) is 19.8 Å². The van der Waals surface area contributed by atoms with E-state index in [0.717, 1.165) is 5.56 Å². The molecule has 0 aromatic heterocycles. The maximum absolute atomic E-state index is 13.7. The quantitative estimate of drug-likeness (QED) is 0.578. The van der Waals surface area contributed by atoms with Gasteiger partial charge in [-0.25, -0.2) is 4.39 Å². The molecule has 0 amide bonds. The van der Waals surface area contributed by atoms with Crippen molar-refractivity contribution in [3.63, 3.8) is 0 Å². The number of halogens is 3. The van der Waals surface area contributed by atoms with Gasteiger partial charge in [0.05, 0.1) is 11.6 Å². The van der Waals surface area contributed by atoms with Gasteiger partial charge in [-0.15, -0.1) is 12.4 Å². The van der Waals surface area contributed by atoms with Crippen LogP contribution in [0, 0.1) is 5.82 Å². The smallest absolute Gasteiger partial charge is 0.180 e. The number of nitrogens with one attached hydrogen (secondary N) is 1. The van der Waals surface area contributed by atoms with E-state index in [4.69, 9.17) is 26.2 Å². The van der Waals surface area contributed by atoms with Crippen LogP contribution in [0.15, 0.2) is 36.4 Å². The van der Waals surface area contributed by atoms with Crippen molar-refractivity contribution < 1.29 is 19.0 Å². The summed E-state index contributed by atoms with van der Waals surface area (Å²) in [6, 6.07) is 10.1. The molecule has 7 heteroatoms. The minimum absolute atomic E-state index is 0. The molecular weight excluding hydrogens is 380 g/mol. The topological polar surface area (TPSA) is 50.7 Å². The summed E-state index contributed by atoms with van der Waals surface area (Å²) in [4.78, 5) is 0. The first-order valence-electron chi connectivity index (χ1n) is 8.28. The first-order valence-corrected chi connectivity index (χ1v) is 8.66. The van der Waals surface area contributed by atoms with Crippen LogP contribution in [-0.4, -0.2) is 24.9 Å². The molecule has 2 N–H and O–H groups in total. The molecule has 2 aromatic rings.